The van der Waals surface area contributed by atoms with Crippen molar-refractivity contribution in [1.82, 2.24) is 24.6 Å². The highest BCUT2D eigenvalue weighted by molar-refractivity contribution is 6.04. The van der Waals surface area contributed by atoms with E-state index in [9.17, 15) is 9.18 Å². The molecule has 3 heterocycles. The van der Waals surface area contributed by atoms with Gasteiger partial charge in [0.2, 0.25) is 0 Å². The summed E-state index contributed by atoms with van der Waals surface area (Å²) >= 11 is 0. The highest BCUT2D eigenvalue weighted by atomic mass is 19.1. The van der Waals surface area contributed by atoms with E-state index >= 15 is 4.39 Å². The standard InChI is InChI=1S/C37H40F2N6O6/c1-43(2)14-20-50-35-24-45(27-8-5-25(38)6-9-27)42-36(35)37(46)41-26-7-10-32(29(39)21-26)51-31-11-12-40-30-23-34(33(47-3)22-28(30)31)49-17-4-13-44-15-18-48-19-16-44/h5-12,21-24H,4,13-20H2,1-3H3,(H,41,46). The first-order valence-corrected chi connectivity index (χ1v) is 16.6. The van der Waals surface area contributed by atoms with Crippen LogP contribution in [0.5, 0.6) is 28.7 Å². The van der Waals surface area contributed by atoms with Crippen molar-refractivity contribution < 1.29 is 37.3 Å². The number of amides is 1. The van der Waals surface area contributed by atoms with Gasteiger partial charge in [-0.3, -0.25) is 14.7 Å². The minimum Gasteiger partial charge on any atom is -0.493 e. The molecule has 51 heavy (non-hydrogen) atoms. The Kier molecular flexibility index (Phi) is 11.6. The second-order valence-electron chi connectivity index (χ2n) is 12.1. The molecule has 0 bridgehead atoms. The molecule has 1 aliphatic rings. The molecule has 14 heteroatoms. The van der Waals surface area contributed by atoms with E-state index < -0.39 is 17.5 Å². The van der Waals surface area contributed by atoms with Crippen molar-refractivity contribution in [2.45, 2.75) is 6.42 Å². The van der Waals surface area contributed by atoms with Crippen LogP contribution in [0.15, 0.2) is 73.1 Å². The van der Waals surface area contributed by atoms with Crippen LogP contribution in [0.3, 0.4) is 0 Å². The SMILES string of the molecule is COc1cc2c(Oc3ccc(NC(=O)c4nn(-c5ccc(F)cc5)cc4OCCN(C)C)cc3F)ccnc2cc1OCCCN1CCOCC1. The second kappa shape index (κ2) is 16.6. The lowest BCUT2D eigenvalue weighted by Gasteiger charge is -2.26. The largest absolute Gasteiger partial charge is 0.493 e. The summed E-state index contributed by atoms with van der Waals surface area (Å²) < 4.78 is 59.3. The maximum absolute atomic E-state index is 15.5. The number of morpholine rings is 1. The summed E-state index contributed by atoms with van der Waals surface area (Å²) in [5.74, 6) is -0.147. The van der Waals surface area contributed by atoms with E-state index in [1.54, 1.807) is 37.7 Å². The molecule has 0 unspecified atom stereocenters. The van der Waals surface area contributed by atoms with Crippen molar-refractivity contribution >= 4 is 22.5 Å². The first-order chi connectivity index (χ1) is 24.8. The van der Waals surface area contributed by atoms with Gasteiger partial charge in [0.15, 0.2) is 34.5 Å². The molecule has 0 aliphatic carbocycles. The number of nitrogens with zero attached hydrogens (tertiary/aromatic N) is 5. The van der Waals surface area contributed by atoms with Crippen LogP contribution in [0.1, 0.15) is 16.9 Å². The first kappa shape index (κ1) is 35.5. The number of methoxy groups -OCH3 is 1. The molecule has 0 saturated carbocycles. The molecule has 1 amide bonds. The molecule has 1 fully saturated rings. The smallest absolute Gasteiger partial charge is 0.280 e. The second-order valence-corrected chi connectivity index (χ2v) is 12.1. The van der Waals surface area contributed by atoms with E-state index in [0.29, 0.717) is 53.6 Å². The molecule has 0 radical (unpaired) electrons. The summed E-state index contributed by atoms with van der Waals surface area (Å²) in [6.45, 7) is 5.66. The lowest BCUT2D eigenvalue weighted by Crippen LogP contribution is -2.37. The minimum absolute atomic E-state index is 0.0172. The number of pyridine rings is 1. The van der Waals surface area contributed by atoms with Gasteiger partial charge in [-0.25, -0.2) is 13.5 Å². The van der Waals surface area contributed by atoms with Crippen LogP contribution >= 0.6 is 0 Å². The zero-order chi connectivity index (χ0) is 35.7. The number of likely N-dealkylation sites (N-methyl/N-ethyl adjacent to an activating group) is 1. The zero-order valence-corrected chi connectivity index (χ0v) is 28.7. The van der Waals surface area contributed by atoms with Crippen molar-refractivity contribution in [3.63, 3.8) is 0 Å². The van der Waals surface area contributed by atoms with Gasteiger partial charge in [-0.1, -0.05) is 0 Å². The molecule has 1 aliphatic heterocycles. The van der Waals surface area contributed by atoms with Gasteiger partial charge < -0.3 is 33.9 Å². The number of aromatic nitrogens is 3. The highest BCUT2D eigenvalue weighted by Gasteiger charge is 2.21. The highest BCUT2D eigenvalue weighted by Crippen LogP contribution is 2.38. The molecule has 6 rings (SSSR count). The maximum atomic E-state index is 15.5. The number of nitrogens with one attached hydrogen (secondary N) is 1. The Morgan fingerprint density at radius 2 is 1.71 bits per heavy atom. The molecule has 268 valence electrons. The fourth-order valence-electron chi connectivity index (χ4n) is 5.44. The van der Waals surface area contributed by atoms with Crippen LogP contribution in [0, 0.1) is 11.6 Å². The van der Waals surface area contributed by atoms with Gasteiger partial charge in [-0.15, -0.1) is 0 Å². The minimum atomic E-state index is -0.704. The van der Waals surface area contributed by atoms with Crippen LogP contribution in [0.4, 0.5) is 14.5 Å². The Hall–Kier alpha value is -5.31. The van der Waals surface area contributed by atoms with E-state index in [1.807, 2.05) is 19.0 Å². The van der Waals surface area contributed by atoms with Crippen LogP contribution < -0.4 is 24.3 Å². The summed E-state index contributed by atoms with van der Waals surface area (Å²) in [6.07, 6.45) is 3.96. The fourth-order valence-corrected chi connectivity index (χ4v) is 5.44. The number of anilines is 1. The molecule has 1 saturated heterocycles. The fraction of sp³-hybridized carbons (Fsp3) is 0.324. The van der Waals surface area contributed by atoms with Crippen molar-refractivity contribution in [2.24, 2.45) is 0 Å². The number of halogens is 2. The molecular weight excluding hydrogens is 662 g/mol. The third kappa shape index (κ3) is 9.08. The summed E-state index contributed by atoms with van der Waals surface area (Å²) in [5.41, 5.74) is 1.28. The van der Waals surface area contributed by atoms with Crippen molar-refractivity contribution in [1.29, 1.82) is 0 Å². The molecule has 0 atom stereocenters. The number of hydrogen-bond acceptors (Lipinski definition) is 10. The van der Waals surface area contributed by atoms with Crippen LogP contribution in [0.25, 0.3) is 16.6 Å². The molecule has 2 aromatic heterocycles. The van der Waals surface area contributed by atoms with Crippen molar-refractivity contribution in [2.75, 3.05) is 79.1 Å². The summed E-state index contributed by atoms with van der Waals surface area (Å²) in [7, 11) is 5.35. The van der Waals surface area contributed by atoms with Crippen molar-refractivity contribution in [3.05, 3.63) is 90.4 Å². The number of fused-ring (bicyclic) bond motifs is 1. The van der Waals surface area contributed by atoms with E-state index in [1.165, 1.54) is 41.1 Å². The molecule has 5 aromatic rings. The van der Waals surface area contributed by atoms with Crippen LogP contribution in [0.2, 0.25) is 0 Å². The van der Waals surface area contributed by atoms with E-state index in [2.05, 4.69) is 20.3 Å². The van der Waals surface area contributed by atoms with E-state index in [-0.39, 0.29) is 22.9 Å². The predicted octanol–water partition coefficient (Wildman–Crippen LogP) is 5.79. The molecule has 3 aromatic carbocycles. The third-order valence-electron chi connectivity index (χ3n) is 8.16. The number of carbonyl (C=O) groups excluding carboxylic acids is 1. The predicted molar refractivity (Wildman–Crippen MR) is 188 cm³/mol. The Morgan fingerprint density at radius 1 is 0.922 bits per heavy atom. The number of ether oxygens (including phenoxy) is 5. The number of carbonyl (C=O) groups is 1. The molecule has 12 nitrogen and oxygen atoms in total. The number of hydrogen-bond donors (Lipinski definition) is 1. The van der Waals surface area contributed by atoms with Gasteiger partial charge in [0.05, 0.1) is 44.3 Å². The summed E-state index contributed by atoms with van der Waals surface area (Å²) in [5, 5.41) is 7.67. The van der Waals surface area contributed by atoms with E-state index in [4.69, 9.17) is 23.7 Å². The van der Waals surface area contributed by atoms with Gasteiger partial charge in [-0.05, 0) is 69.0 Å². The lowest BCUT2D eigenvalue weighted by atomic mass is 10.1. The average Bonchev–Trinajstić information content (AvgIpc) is 3.56. The Labute approximate surface area is 294 Å². The van der Waals surface area contributed by atoms with Gasteiger partial charge in [0, 0.05) is 55.6 Å². The van der Waals surface area contributed by atoms with Crippen molar-refractivity contribution in [3.8, 4) is 34.4 Å². The van der Waals surface area contributed by atoms with Gasteiger partial charge in [-0.2, -0.15) is 5.10 Å². The Bertz CT molecular complexity index is 1950. The summed E-state index contributed by atoms with van der Waals surface area (Å²) in [6, 6.07) is 14.9. The topological polar surface area (TPSA) is 112 Å². The Balaban J connectivity index is 1.15. The average molecular weight is 703 g/mol. The lowest BCUT2D eigenvalue weighted by molar-refractivity contribution is 0.0357. The molecular formula is C37H40F2N6O6. The van der Waals surface area contributed by atoms with E-state index in [0.717, 1.165) is 45.3 Å². The van der Waals surface area contributed by atoms with Crippen LogP contribution in [-0.2, 0) is 4.74 Å². The zero-order valence-electron chi connectivity index (χ0n) is 28.7. The quantitative estimate of drug-likeness (QED) is 0.135. The van der Waals surface area contributed by atoms with Gasteiger partial charge >= 0.3 is 0 Å². The monoisotopic (exact) mass is 702 g/mol. The third-order valence-corrected chi connectivity index (χ3v) is 8.16. The normalized spacial score (nSPS) is 13.4. The Morgan fingerprint density at radius 3 is 2.45 bits per heavy atom. The maximum Gasteiger partial charge on any atom is 0.280 e. The number of rotatable bonds is 15. The van der Waals surface area contributed by atoms with Gasteiger partial charge in [0.1, 0.15) is 18.2 Å². The van der Waals surface area contributed by atoms with Crippen LogP contribution in [-0.4, -0.2) is 104 Å². The molecule has 1 N–H and O–H groups in total. The summed E-state index contributed by atoms with van der Waals surface area (Å²) in [4.78, 5) is 22.1. The molecule has 0 spiro atoms. The number of benzene rings is 3. The first-order valence-electron chi connectivity index (χ1n) is 16.6. The van der Waals surface area contributed by atoms with Gasteiger partial charge in [0.25, 0.3) is 5.91 Å².